The Morgan fingerprint density at radius 2 is 2.04 bits per heavy atom. The number of hydrogen-bond acceptors (Lipinski definition) is 3. The molecule has 3 amide bonds. The van der Waals surface area contributed by atoms with Crippen molar-refractivity contribution in [2.45, 2.75) is 32.7 Å². The van der Waals surface area contributed by atoms with E-state index in [2.05, 4.69) is 26.6 Å². The molecular weight excluding hydrogens is 374 g/mol. The van der Waals surface area contributed by atoms with Gasteiger partial charge in [-0.2, -0.15) is 0 Å². The van der Waals surface area contributed by atoms with Gasteiger partial charge in [-0.05, 0) is 39.0 Å². The van der Waals surface area contributed by atoms with Gasteiger partial charge >= 0.3 is 0 Å². The number of halogens is 1. The number of benzene rings is 1. The molecular formula is C17H22BrN3O3. The fourth-order valence-electron chi connectivity index (χ4n) is 2.55. The topological polar surface area (TPSA) is 78.5 Å². The van der Waals surface area contributed by atoms with E-state index in [1.165, 1.54) is 0 Å². The Kier molecular flexibility index (Phi) is 5.64. The van der Waals surface area contributed by atoms with Crippen molar-refractivity contribution in [2.24, 2.45) is 5.92 Å². The molecule has 0 spiro atoms. The molecule has 1 fully saturated rings. The first-order valence-electron chi connectivity index (χ1n) is 7.80. The number of rotatable bonds is 4. The zero-order chi connectivity index (χ0) is 17.9. The van der Waals surface area contributed by atoms with E-state index in [0.717, 1.165) is 10.2 Å². The van der Waals surface area contributed by atoms with Crippen LogP contribution in [0.15, 0.2) is 28.7 Å². The van der Waals surface area contributed by atoms with E-state index in [4.69, 9.17) is 0 Å². The number of anilines is 1. The van der Waals surface area contributed by atoms with Crippen molar-refractivity contribution < 1.29 is 14.4 Å². The Morgan fingerprint density at radius 3 is 2.67 bits per heavy atom. The van der Waals surface area contributed by atoms with Crippen LogP contribution in [0.1, 0.15) is 27.2 Å². The Bertz CT molecular complexity index is 655. The van der Waals surface area contributed by atoms with E-state index in [1.807, 2.05) is 45.0 Å². The normalized spacial score (nSPS) is 17.8. The van der Waals surface area contributed by atoms with E-state index < -0.39 is 5.92 Å². The molecule has 1 aliphatic heterocycles. The van der Waals surface area contributed by atoms with Crippen LogP contribution in [0.25, 0.3) is 0 Å². The molecule has 0 radical (unpaired) electrons. The first kappa shape index (κ1) is 18.4. The third-order valence-corrected chi connectivity index (χ3v) is 4.05. The zero-order valence-corrected chi connectivity index (χ0v) is 15.6. The van der Waals surface area contributed by atoms with Crippen LogP contribution in [0.4, 0.5) is 5.69 Å². The molecule has 1 aliphatic rings. The van der Waals surface area contributed by atoms with Crippen LogP contribution in [0.2, 0.25) is 0 Å². The molecule has 2 rings (SSSR count). The summed E-state index contributed by atoms with van der Waals surface area (Å²) in [6, 6.07) is 7.40. The quantitative estimate of drug-likeness (QED) is 0.815. The summed E-state index contributed by atoms with van der Waals surface area (Å²) in [7, 11) is 0. The molecule has 1 heterocycles. The van der Waals surface area contributed by atoms with E-state index in [9.17, 15) is 14.4 Å². The molecule has 1 aromatic rings. The predicted molar refractivity (Wildman–Crippen MR) is 95.5 cm³/mol. The van der Waals surface area contributed by atoms with E-state index >= 15 is 0 Å². The molecule has 7 heteroatoms. The molecule has 0 aliphatic carbocycles. The van der Waals surface area contributed by atoms with E-state index in [1.54, 1.807) is 4.90 Å². The van der Waals surface area contributed by atoms with Gasteiger partial charge in [0.25, 0.3) is 0 Å². The summed E-state index contributed by atoms with van der Waals surface area (Å²) < 4.78 is 0.875. The summed E-state index contributed by atoms with van der Waals surface area (Å²) in [5, 5.41) is 5.39. The van der Waals surface area contributed by atoms with Gasteiger partial charge in [-0.1, -0.05) is 22.0 Å². The van der Waals surface area contributed by atoms with Crippen molar-refractivity contribution in [3.05, 3.63) is 28.7 Å². The van der Waals surface area contributed by atoms with Crippen LogP contribution in [0.5, 0.6) is 0 Å². The molecule has 1 unspecified atom stereocenters. The van der Waals surface area contributed by atoms with Crippen LogP contribution in [0.3, 0.4) is 0 Å². The van der Waals surface area contributed by atoms with Crippen molar-refractivity contribution in [3.8, 4) is 0 Å². The number of nitrogens with one attached hydrogen (secondary N) is 2. The minimum Gasteiger partial charge on any atom is -0.350 e. The van der Waals surface area contributed by atoms with Crippen LogP contribution in [-0.4, -0.2) is 36.3 Å². The number of amides is 3. The number of carbonyl (C=O) groups excluding carboxylic acids is 3. The van der Waals surface area contributed by atoms with Gasteiger partial charge in [0.05, 0.1) is 12.5 Å². The van der Waals surface area contributed by atoms with Gasteiger partial charge in [0.2, 0.25) is 17.7 Å². The smallest absolute Gasteiger partial charge is 0.239 e. The first-order valence-corrected chi connectivity index (χ1v) is 8.59. The number of carbonyl (C=O) groups is 3. The van der Waals surface area contributed by atoms with Crippen molar-refractivity contribution in [1.29, 1.82) is 0 Å². The summed E-state index contributed by atoms with van der Waals surface area (Å²) in [5.41, 5.74) is 0.415. The van der Waals surface area contributed by atoms with Gasteiger partial charge in [-0.25, -0.2) is 0 Å². The third kappa shape index (κ3) is 5.06. The minimum absolute atomic E-state index is 0.0856. The van der Waals surface area contributed by atoms with Gasteiger partial charge in [0.1, 0.15) is 0 Å². The summed E-state index contributed by atoms with van der Waals surface area (Å²) in [6.07, 6.45) is 0.152. The molecule has 0 saturated carbocycles. The van der Waals surface area contributed by atoms with Crippen molar-refractivity contribution in [3.63, 3.8) is 0 Å². The van der Waals surface area contributed by atoms with Gasteiger partial charge in [-0.3, -0.25) is 14.4 Å². The third-order valence-electron chi connectivity index (χ3n) is 3.55. The summed E-state index contributed by atoms with van der Waals surface area (Å²) >= 11 is 3.38. The lowest BCUT2D eigenvalue weighted by Gasteiger charge is -2.21. The second-order valence-corrected chi connectivity index (χ2v) is 7.82. The lowest BCUT2D eigenvalue weighted by molar-refractivity contribution is -0.129. The highest BCUT2D eigenvalue weighted by molar-refractivity contribution is 9.10. The molecule has 2 N–H and O–H groups in total. The van der Waals surface area contributed by atoms with Gasteiger partial charge in [0, 0.05) is 28.7 Å². The number of nitrogens with zero attached hydrogens (tertiary/aromatic N) is 1. The second kappa shape index (κ2) is 7.34. The van der Waals surface area contributed by atoms with Crippen LogP contribution in [0, 0.1) is 5.92 Å². The fraction of sp³-hybridized carbons (Fsp3) is 0.471. The van der Waals surface area contributed by atoms with Crippen molar-refractivity contribution >= 4 is 39.3 Å². The first-order chi connectivity index (χ1) is 11.2. The lowest BCUT2D eigenvalue weighted by Crippen LogP contribution is -2.46. The molecule has 130 valence electrons. The molecule has 24 heavy (non-hydrogen) atoms. The average Bonchev–Trinajstić information content (AvgIpc) is 2.85. The summed E-state index contributed by atoms with van der Waals surface area (Å²) in [6.45, 7) is 5.86. The van der Waals surface area contributed by atoms with Gasteiger partial charge in [-0.15, -0.1) is 0 Å². The Morgan fingerprint density at radius 1 is 1.33 bits per heavy atom. The summed E-state index contributed by atoms with van der Waals surface area (Å²) in [5.74, 6) is -1.06. The Labute approximate surface area is 150 Å². The highest BCUT2D eigenvalue weighted by Crippen LogP contribution is 2.27. The van der Waals surface area contributed by atoms with Gasteiger partial charge < -0.3 is 15.5 Å². The van der Waals surface area contributed by atoms with Crippen LogP contribution >= 0.6 is 15.9 Å². The molecule has 1 atom stereocenters. The van der Waals surface area contributed by atoms with Crippen molar-refractivity contribution in [1.82, 2.24) is 10.6 Å². The zero-order valence-electron chi connectivity index (χ0n) is 14.1. The van der Waals surface area contributed by atoms with E-state index in [-0.39, 0.29) is 36.2 Å². The predicted octanol–water partition coefficient (Wildman–Crippen LogP) is 1.83. The number of hydrogen-bond donors (Lipinski definition) is 2. The SMILES string of the molecule is CC(C)(C)NC(=O)CNC(=O)C1CC(=O)N(c2cccc(Br)c2)C1. The minimum atomic E-state index is -0.445. The molecule has 1 saturated heterocycles. The Balaban J connectivity index is 1.91. The monoisotopic (exact) mass is 395 g/mol. The highest BCUT2D eigenvalue weighted by atomic mass is 79.9. The Hall–Kier alpha value is -1.89. The summed E-state index contributed by atoms with van der Waals surface area (Å²) in [4.78, 5) is 37.8. The van der Waals surface area contributed by atoms with Gasteiger partial charge in [0.15, 0.2) is 0 Å². The standard InChI is InChI=1S/C17H22BrN3O3/c1-17(2,3)20-14(22)9-19-16(24)11-7-15(23)21(10-11)13-6-4-5-12(18)8-13/h4-6,8,11H,7,9-10H2,1-3H3,(H,19,24)(H,20,22). The van der Waals surface area contributed by atoms with Crippen LogP contribution < -0.4 is 15.5 Å². The average molecular weight is 396 g/mol. The maximum atomic E-state index is 12.2. The van der Waals surface area contributed by atoms with Crippen molar-refractivity contribution in [2.75, 3.05) is 18.0 Å². The molecule has 0 aromatic heterocycles. The largest absolute Gasteiger partial charge is 0.350 e. The molecule has 0 bridgehead atoms. The fourth-order valence-corrected chi connectivity index (χ4v) is 2.94. The molecule has 6 nitrogen and oxygen atoms in total. The molecule has 1 aromatic carbocycles. The maximum Gasteiger partial charge on any atom is 0.239 e. The van der Waals surface area contributed by atoms with E-state index in [0.29, 0.717) is 6.54 Å². The second-order valence-electron chi connectivity index (χ2n) is 6.90. The lowest BCUT2D eigenvalue weighted by atomic mass is 10.1. The highest BCUT2D eigenvalue weighted by Gasteiger charge is 2.35. The van der Waals surface area contributed by atoms with Crippen LogP contribution in [-0.2, 0) is 14.4 Å². The maximum absolute atomic E-state index is 12.2.